The average molecular weight is 260 g/mol. The zero-order valence-electron chi connectivity index (χ0n) is 7.25. The number of hydrogen-bond acceptors (Lipinski definition) is 3. The van der Waals surface area contributed by atoms with Gasteiger partial charge in [-0.3, -0.25) is 4.79 Å². The number of nitrogens with two attached hydrogens (primary N) is 2. The van der Waals surface area contributed by atoms with E-state index in [0.717, 1.165) is 7.55 Å². The van der Waals surface area contributed by atoms with E-state index in [4.69, 9.17) is 5.73 Å². The van der Waals surface area contributed by atoms with Gasteiger partial charge in [0.25, 0.3) is 0 Å². The Hall–Kier alpha value is -0.101. The predicted octanol–water partition coefficient (Wildman–Crippen LogP) is -1.35. The van der Waals surface area contributed by atoms with Crippen molar-refractivity contribution in [3.05, 3.63) is 13.1 Å². The van der Waals surface area contributed by atoms with E-state index in [1.165, 1.54) is 0 Å². The maximum atomic E-state index is 10.6. The molecule has 0 saturated heterocycles. The van der Waals surface area contributed by atoms with Gasteiger partial charge in [-0.1, -0.05) is 0 Å². The van der Waals surface area contributed by atoms with Crippen LogP contribution in [0.1, 0.15) is 6.42 Å². The quantitative estimate of drug-likeness (QED) is 0.428. The molecule has 13 heavy (non-hydrogen) atoms. The second-order valence-corrected chi connectivity index (χ2v) is 1.82. The molecule has 72 valence electrons. The van der Waals surface area contributed by atoms with Crippen LogP contribution in [-0.2, 0) is 42.3 Å². The first-order valence-corrected chi connectivity index (χ1v) is 3.10. The Morgan fingerprint density at radius 1 is 1.38 bits per heavy atom. The molecule has 0 unspecified atom stereocenters. The molecule has 0 aliphatic carbocycles. The van der Waals surface area contributed by atoms with Crippen LogP contribution in [-0.4, -0.2) is 25.9 Å². The number of amides is 2. The van der Waals surface area contributed by atoms with E-state index in [9.17, 15) is 9.59 Å². The zero-order valence-corrected chi connectivity index (χ0v) is 10.1. The third-order valence-electron chi connectivity index (χ3n) is 0.838. The standard InChI is InChI=1S/C5H10BN3O2.H2N.Y/c1-4(10)8-6-9-5(11)2-3-7;;/h1-3,7H2,(H,8,10)(H,9,11);1H2;/q2*-1;. The summed E-state index contributed by atoms with van der Waals surface area (Å²) in [5.74, 6) is -0.709. The largest absolute Gasteiger partial charge is 0.693 e. The van der Waals surface area contributed by atoms with Crippen molar-refractivity contribution in [1.82, 2.24) is 10.5 Å². The summed E-state index contributed by atoms with van der Waals surface area (Å²) in [7, 11) is 1.13. The molecule has 0 bridgehead atoms. The fourth-order valence-corrected chi connectivity index (χ4v) is 0.400. The van der Waals surface area contributed by atoms with Gasteiger partial charge < -0.3 is 34.1 Å². The Bertz CT molecular complexity index is 157. The molecular weight excluding hydrogens is 248 g/mol. The number of carbonyl (C=O) groups is 2. The molecule has 0 heterocycles. The van der Waals surface area contributed by atoms with Crippen LogP contribution in [0.25, 0.3) is 6.15 Å². The molecule has 0 saturated carbocycles. The molecule has 2 amide bonds. The fourth-order valence-electron chi connectivity index (χ4n) is 0.400. The van der Waals surface area contributed by atoms with E-state index >= 15 is 0 Å². The molecule has 0 aliphatic heterocycles. The second-order valence-electron chi connectivity index (χ2n) is 1.82. The van der Waals surface area contributed by atoms with Crippen molar-refractivity contribution >= 4 is 19.4 Å². The van der Waals surface area contributed by atoms with Crippen LogP contribution in [0.4, 0.5) is 0 Å². The first-order valence-electron chi connectivity index (χ1n) is 3.10. The smallest absolute Gasteiger partial charge is 0.388 e. The van der Waals surface area contributed by atoms with Gasteiger partial charge >= 0.3 is 7.55 Å². The third kappa shape index (κ3) is 14.7. The minimum Gasteiger partial charge on any atom is -0.693 e. The molecule has 0 fully saturated rings. The van der Waals surface area contributed by atoms with Crippen LogP contribution in [0, 0.1) is 6.92 Å². The Kier molecular flexibility index (Phi) is 17.1. The molecule has 0 aromatic heterocycles. The van der Waals surface area contributed by atoms with Gasteiger partial charge in [0.2, 0.25) is 5.91 Å². The molecule has 0 rings (SSSR count). The van der Waals surface area contributed by atoms with Crippen LogP contribution < -0.4 is 16.2 Å². The summed E-state index contributed by atoms with van der Waals surface area (Å²) in [5, 5.41) is 4.49. The van der Waals surface area contributed by atoms with Crippen molar-refractivity contribution in [3.63, 3.8) is 0 Å². The van der Waals surface area contributed by atoms with Crippen LogP contribution in [0.5, 0.6) is 0 Å². The van der Waals surface area contributed by atoms with Gasteiger partial charge in [0.05, 0.1) is 5.91 Å². The van der Waals surface area contributed by atoms with Crippen LogP contribution >= 0.6 is 0 Å². The minimum absolute atomic E-state index is 0. The van der Waals surface area contributed by atoms with Crippen LogP contribution in [0.3, 0.4) is 0 Å². The van der Waals surface area contributed by atoms with E-state index < -0.39 is 5.91 Å². The van der Waals surface area contributed by atoms with Crippen molar-refractivity contribution in [2.45, 2.75) is 6.42 Å². The Morgan fingerprint density at radius 2 is 1.92 bits per heavy atom. The van der Waals surface area contributed by atoms with Crippen molar-refractivity contribution in [3.8, 4) is 0 Å². The van der Waals surface area contributed by atoms with Crippen molar-refractivity contribution in [2.75, 3.05) is 6.54 Å². The minimum atomic E-state index is -0.474. The second kappa shape index (κ2) is 11.9. The maximum Gasteiger partial charge on any atom is 0.388 e. The first kappa shape index (κ1) is 18.6. The summed E-state index contributed by atoms with van der Waals surface area (Å²) in [6.45, 7) is 3.31. The van der Waals surface area contributed by atoms with E-state index in [1.807, 2.05) is 0 Å². The van der Waals surface area contributed by atoms with Crippen LogP contribution in [0.2, 0.25) is 0 Å². The van der Waals surface area contributed by atoms with Gasteiger partial charge in [-0.25, -0.2) is 0 Å². The van der Waals surface area contributed by atoms with Crippen molar-refractivity contribution in [1.29, 1.82) is 0 Å². The van der Waals surface area contributed by atoms with Gasteiger partial charge in [0.15, 0.2) is 0 Å². The monoisotopic (exact) mass is 260 g/mol. The van der Waals surface area contributed by atoms with E-state index in [1.54, 1.807) is 0 Å². The normalized spacial score (nSPS) is 7.15. The number of hydrogen-bond donors (Lipinski definition) is 3. The summed E-state index contributed by atoms with van der Waals surface area (Å²) >= 11 is 0. The average Bonchev–Trinajstić information content (AvgIpc) is 1.87. The summed E-state index contributed by atoms with van der Waals surface area (Å²) < 4.78 is 0. The molecule has 0 aliphatic rings. The third-order valence-corrected chi connectivity index (χ3v) is 0.838. The van der Waals surface area contributed by atoms with E-state index in [0.29, 0.717) is 0 Å². The number of nitrogens with one attached hydrogen (secondary N) is 2. The maximum absolute atomic E-state index is 10.6. The van der Waals surface area contributed by atoms with Gasteiger partial charge in [-0.2, -0.15) is 0 Å². The molecule has 2 radical (unpaired) electrons. The predicted molar refractivity (Wildman–Crippen MR) is 46.4 cm³/mol. The Labute approximate surface area is 104 Å². The van der Waals surface area contributed by atoms with E-state index in [2.05, 4.69) is 17.4 Å². The van der Waals surface area contributed by atoms with Gasteiger partial charge in [-0.15, -0.1) is 0 Å². The van der Waals surface area contributed by atoms with Crippen LogP contribution in [0.15, 0.2) is 0 Å². The Balaban J connectivity index is -0.000000500. The van der Waals surface area contributed by atoms with Crippen molar-refractivity contribution in [2.24, 2.45) is 5.73 Å². The Morgan fingerprint density at radius 3 is 2.31 bits per heavy atom. The number of carbonyl (C=O) groups excluding carboxylic acids is 2. The van der Waals surface area contributed by atoms with Gasteiger partial charge in [0, 0.05) is 45.7 Å². The molecule has 0 spiro atoms. The molecule has 6 nitrogen and oxygen atoms in total. The summed E-state index contributed by atoms with van der Waals surface area (Å²) in [4.78, 5) is 20.8. The van der Waals surface area contributed by atoms with Gasteiger partial charge in [0.1, 0.15) is 0 Å². The summed E-state index contributed by atoms with van der Waals surface area (Å²) in [6.07, 6.45) is 0.240. The molecule has 6 N–H and O–H groups in total. The fraction of sp³-hybridized carbons (Fsp3) is 0.400. The van der Waals surface area contributed by atoms with Gasteiger partial charge in [-0.05, 0) is 0 Å². The molecule has 0 aromatic carbocycles. The summed E-state index contributed by atoms with van der Waals surface area (Å²) in [6, 6.07) is 0. The molecular formula is C5H12BN4O2Y-2. The number of rotatable bonds is 4. The zero-order chi connectivity index (χ0) is 8.69. The molecule has 0 atom stereocenters. The van der Waals surface area contributed by atoms with E-state index in [-0.39, 0.29) is 57.7 Å². The first-order chi connectivity index (χ1) is 5.16. The summed E-state index contributed by atoms with van der Waals surface area (Å²) in [5.41, 5.74) is 5.09. The molecule has 8 heteroatoms. The SMILES string of the molecule is [CH2-]C(=O)N[B]NC(=O)CCN.[NH2-].[Y]. The van der Waals surface area contributed by atoms with Crippen molar-refractivity contribution < 1.29 is 42.3 Å². The topological polar surface area (TPSA) is 118 Å². The molecule has 0 aromatic rings.